The normalized spacial score (nSPS) is 9.69. The molecule has 0 saturated carbocycles. The molecule has 0 aliphatic rings. The second kappa shape index (κ2) is 5.20. The third-order valence-electron chi connectivity index (χ3n) is 2.00. The molecule has 1 rings (SSSR count). The first-order valence-corrected chi connectivity index (χ1v) is 4.79. The van der Waals surface area contributed by atoms with E-state index in [4.69, 9.17) is 10.5 Å². The van der Waals surface area contributed by atoms with Crippen LogP contribution < -0.4 is 15.8 Å². The minimum absolute atomic E-state index is 0.0300. The second-order valence-corrected chi connectivity index (χ2v) is 3.44. The van der Waals surface area contributed by atoms with Gasteiger partial charge in [-0.15, -0.1) is 0 Å². The average Bonchev–Trinajstić information content (AvgIpc) is 2.27. The summed E-state index contributed by atoms with van der Waals surface area (Å²) in [5.41, 5.74) is 6.08. The second-order valence-electron chi connectivity index (χ2n) is 3.44. The van der Waals surface area contributed by atoms with Crippen LogP contribution in [0.15, 0.2) is 12.1 Å². The Morgan fingerprint density at radius 1 is 1.56 bits per heavy atom. The molecule has 0 aromatic carbocycles. The summed E-state index contributed by atoms with van der Waals surface area (Å²) in [6.45, 7) is 0.188. The Morgan fingerprint density at radius 3 is 2.81 bits per heavy atom. The molecular weight excluding hydrogens is 208 g/mol. The van der Waals surface area contributed by atoms with E-state index in [1.165, 1.54) is 12.0 Å². The summed E-state index contributed by atoms with van der Waals surface area (Å²) in [6, 6.07) is 3.37. The van der Waals surface area contributed by atoms with E-state index in [0.29, 0.717) is 17.4 Å². The summed E-state index contributed by atoms with van der Waals surface area (Å²) in [6.07, 6.45) is 0. The lowest BCUT2D eigenvalue weighted by atomic mass is 10.4. The first-order chi connectivity index (χ1) is 7.54. The predicted molar refractivity (Wildman–Crippen MR) is 62.4 cm³/mol. The van der Waals surface area contributed by atoms with Gasteiger partial charge in [0.15, 0.2) is 0 Å². The molecule has 1 aromatic rings. The number of hydrogen-bond acceptors (Lipinski definition) is 5. The van der Waals surface area contributed by atoms with Crippen molar-refractivity contribution in [2.45, 2.75) is 0 Å². The molecule has 0 aliphatic heterocycles. The number of pyridine rings is 1. The van der Waals surface area contributed by atoms with Crippen LogP contribution >= 0.6 is 0 Å². The number of carbonyl (C=O) groups is 1. The van der Waals surface area contributed by atoms with E-state index in [-0.39, 0.29) is 12.5 Å². The molecule has 0 bridgehead atoms. The smallest absolute Gasteiger partial charge is 0.241 e. The molecule has 1 heterocycles. The summed E-state index contributed by atoms with van der Waals surface area (Å²) in [5.74, 6) is 0.876. The van der Waals surface area contributed by atoms with Crippen LogP contribution in [0.25, 0.3) is 0 Å². The van der Waals surface area contributed by atoms with Crippen LogP contribution in [-0.4, -0.2) is 43.5 Å². The molecule has 3 N–H and O–H groups in total. The molecule has 0 radical (unpaired) electrons. The van der Waals surface area contributed by atoms with Gasteiger partial charge in [-0.05, 0) is 12.1 Å². The van der Waals surface area contributed by atoms with Crippen molar-refractivity contribution in [2.24, 2.45) is 0 Å². The van der Waals surface area contributed by atoms with Gasteiger partial charge in [0.2, 0.25) is 11.8 Å². The van der Waals surface area contributed by atoms with E-state index in [1.54, 1.807) is 26.2 Å². The molecule has 16 heavy (non-hydrogen) atoms. The number of rotatable bonds is 4. The van der Waals surface area contributed by atoms with Gasteiger partial charge in [0, 0.05) is 14.1 Å². The van der Waals surface area contributed by atoms with Gasteiger partial charge >= 0.3 is 0 Å². The van der Waals surface area contributed by atoms with Gasteiger partial charge in [-0.1, -0.05) is 0 Å². The van der Waals surface area contributed by atoms with Crippen molar-refractivity contribution >= 4 is 17.4 Å². The Kier molecular flexibility index (Phi) is 3.93. The van der Waals surface area contributed by atoms with E-state index in [1.807, 2.05) is 0 Å². The Balaban J connectivity index is 2.64. The Hall–Kier alpha value is -1.98. The van der Waals surface area contributed by atoms with Crippen molar-refractivity contribution < 1.29 is 9.53 Å². The number of aromatic nitrogens is 1. The Morgan fingerprint density at radius 2 is 2.25 bits per heavy atom. The highest BCUT2D eigenvalue weighted by Gasteiger charge is 2.06. The summed E-state index contributed by atoms with van der Waals surface area (Å²) in [7, 11) is 4.88. The van der Waals surface area contributed by atoms with Crippen LogP contribution in [-0.2, 0) is 4.79 Å². The van der Waals surface area contributed by atoms with Crippen LogP contribution in [0.2, 0.25) is 0 Å². The topological polar surface area (TPSA) is 80.5 Å². The zero-order valence-electron chi connectivity index (χ0n) is 9.65. The number of anilines is 2. The van der Waals surface area contributed by atoms with E-state index < -0.39 is 0 Å². The average molecular weight is 224 g/mol. The molecule has 0 spiro atoms. The summed E-state index contributed by atoms with van der Waals surface area (Å²) >= 11 is 0. The maximum atomic E-state index is 11.3. The van der Waals surface area contributed by atoms with Crippen LogP contribution in [0.4, 0.5) is 11.5 Å². The number of nitrogen functional groups attached to an aromatic ring is 1. The van der Waals surface area contributed by atoms with Gasteiger partial charge < -0.3 is 20.7 Å². The predicted octanol–water partition coefficient (Wildman–Crippen LogP) is 0.172. The van der Waals surface area contributed by atoms with Crippen molar-refractivity contribution in [2.75, 3.05) is 38.8 Å². The quantitative estimate of drug-likeness (QED) is 0.762. The molecule has 0 aliphatic carbocycles. The van der Waals surface area contributed by atoms with E-state index >= 15 is 0 Å². The summed E-state index contributed by atoms with van der Waals surface area (Å²) in [5, 5.41) is 2.89. The van der Waals surface area contributed by atoms with E-state index in [0.717, 1.165) is 0 Å². The largest absolute Gasteiger partial charge is 0.479 e. The lowest BCUT2D eigenvalue weighted by molar-refractivity contribution is -0.126. The Labute approximate surface area is 94.4 Å². The molecular formula is C10H16N4O2. The Bertz CT molecular complexity index is 379. The van der Waals surface area contributed by atoms with Gasteiger partial charge in [-0.25, -0.2) is 0 Å². The standard InChI is InChI=1S/C10H16N4O2/c1-14(2)9(15)6-12-8-5-4-7(11)10(13-8)16-3/h4-5H,6,11H2,1-3H3,(H,12,13). The van der Waals surface area contributed by atoms with Gasteiger partial charge in [-0.2, -0.15) is 4.98 Å². The van der Waals surface area contributed by atoms with Crippen molar-refractivity contribution in [3.63, 3.8) is 0 Å². The highest BCUT2D eigenvalue weighted by atomic mass is 16.5. The van der Waals surface area contributed by atoms with E-state index in [9.17, 15) is 4.79 Å². The number of nitrogens with zero attached hydrogens (tertiary/aromatic N) is 2. The van der Waals surface area contributed by atoms with Gasteiger partial charge in [0.05, 0.1) is 19.3 Å². The third-order valence-corrected chi connectivity index (χ3v) is 2.00. The molecule has 6 nitrogen and oxygen atoms in total. The lowest BCUT2D eigenvalue weighted by Gasteiger charge is -2.12. The highest BCUT2D eigenvalue weighted by Crippen LogP contribution is 2.19. The van der Waals surface area contributed by atoms with Gasteiger partial charge in [0.25, 0.3) is 0 Å². The number of hydrogen-bond donors (Lipinski definition) is 2. The number of likely N-dealkylation sites (N-methyl/N-ethyl adjacent to an activating group) is 1. The van der Waals surface area contributed by atoms with Crippen LogP contribution in [0.3, 0.4) is 0 Å². The molecule has 0 atom stereocenters. The molecule has 0 unspecified atom stereocenters. The van der Waals surface area contributed by atoms with Crippen LogP contribution in [0.5, 0.6) is 5.88 Å². The first-order valence-electron chi connectivity index (χ1n) is 4.79. The molecule has 88 valence electrons. The number of ether oxygens (including phenoxy) is 1. The fourth-order valence-electron chi connectivity index (χ4n) is 1.04. The van der Waals surface area contributed by atoms with Crippen LogP contribution in [0, 0.1) is 0 Å². The SMILES string of the molecule is COc1nc(NCC(=O)N(C)C)ccc1N. The zero-order chi connectivity index (χ0) is 12.1. The number of nitrogens with two attached hydrogens (primary N) is 1. The lowest BCUT2D eigenvalue weighted by Crippen LogP contribution is -2.28. The van der Waals surface area contributed by atoms with Gasteiger partial charge in [0.1, 0.15) is 5.82 Å². The van der Waals surface area contributed by atoms with E-state index in [2.05, 4.69) is 10.3 Å². The summed E-state index contributed by atoms with van der Waals surface area (Å²) < 4.78 is 4.97. The number of nitrogens with one attached hydrogen (secondary N) is 1. The third kappa shape index (κ3) is 3.01. The highest BCUT2D eigenvalue weighted by molar-refractivity contribution is 5.80. The van der Waals surface area contributed by atoms with Crippen molar-refractivity contribution in [3.05, 3.63) is 12.1 Å². The number of amides is 1. The molecule has 0 fully saturated rings. The first kappa shape index (κ1) is 12.1. The summed E-state index contributed by atoms with van der Waals surface area (Å²) in [4.78, 5) is 16.9. The maximum absolute atomic E-state index is 11.3. The monoisotopic (exact) mass is 224 g/mol. The van der Waals surface area contributed by atoms with Crippen molar-refractivity contribution in [3.8, 4) is 5.88 Å². The molecule has 1 aromatic heterocycles. The molecule has 0 saturated heterocycles. The number of methoxy groups -OCH3 is 1. The fraction of sp³-hybridized carbons (Fsp3) is 0.400. The van der Waals surface area contributed by atoms with Crippen molar-refractivity contribution in [1.29, 1.82) is 0 Å². The van der Waals surface area contributed by atoms with Crippen LogP contribution in [0.1, 0.15) is 0 Å². The molecule has 6 heteroatoms. The number of carbonyl (C=O) groups excluding carboxylic acids is 1. The van der Waals surface area contributed by atoms with Crippen molar-refractivity contribution in [1.82, 2.24) is 9.88 Å². The maximum Gasteiger partial charge on any atom is 0.241 e. The minimum Gasteiger partial charge on any atom is -0.479 e. The minimum atomic E-state index is -0.0300. The zero-order valence-corrected chi connectivity index (χ0v) is 9.65. The van der Waals surface area contributed by atoms with Gasteiger partial charge in [-0.3, -0.25) is 4.79 Å². The fourth-order valence-corrected chi connectivity index (χ4v) is 1.04. The molecule has 1 amide bonds.